The van der Waals surface area contributed by atoms with Crippen molar-refractivity contribution < 1.29 is 21.8 Å². The lowest BCUT2D eigenvalue weighted by Crippen LogP contribution is -2.54. The number of aliphatic imine (C=N–C) groups is 2. The summed E-state index contributed by atoms with van der Waals surface area (Å²) in [6.45, 7) is 4.62. The van der Waals surface area contributed by atoms with Gasteiger partial charge in [0.1, 0.15) is 16.3 Å². The predicted octanol–water partition coefficient (Wildman–Crippen LogP) is 2.51. The number of nitrogens with two attached hydrogens (primary N) is 2. The van der Waals surface area contributed by atoms with Crippen molar-refractivity contribution >= 4 is 51.0 Å². The maximum atomic E-state index is 13.4. The number of anilines is 2. The fourth-order valence-corrected chi connectivity index (χ4v) is 4.23. The zero-order valence-electron chi connectivity index (χ0n) is 18.0. The van der Waals surface area contributed by atoms with E-state index in [1.165, 1.54) is 19.1 Å². The highest BCUT2D eigenvalue weighted by Gasteiger charge is 2.33. The third kappa shape index (κ3) is 5.52. The summed E-state index contributed by atoms with van der Waals surface area (Å²) in [6.07, 6.45) is 0. The van der Waals surface area contributed by atoms with E-state index in [0.717, 1.165) is 6.07 Å². The van der Waals surface area contributed by atoms with E-state index in [-0.39, 0.29) is 33.9 Å². The van der Waals surface area contributed by atoms with E-state index >= 15 is 0 Å². The Kier molecular flexibility index (Phi) is 6.52. The van der Waals surface area contributed by atoms with E-state index in [1.807, 2.05) is 0 Å². The first-order valence-electron chi connectivity index (χ1n) is 9.55. The summed E-state index contributed by atoms with van der Waals surface area (Å²) in [5, 5.41) is 2.65. The van der Waals surface area contributed by atoms with Crippen LogP contribution in [0, 0.1) is 6.92 Å². The molecule has 5 N–H and O–H groups in total. The molecule has 13 heteroatoms. The molecule has 0 saturated carbocycles. The van der Waals surface area contributed by atoms with Gasteiger partial charge in [0.2, 0.25) is 11.9 Å². The van der Waals surface area contributed by atoms with E-state index in [2.05, 4.69) is 15.3 Å². The van der Waals surface area contributed by atoms with Crippen LogP contribution in [0.4, 0.5) is 15.3 Å². The van der Waals surface area contributed by atoms with Crippen molar-refractivity contribution in [2.45, 2.75) is 31.3 Å². The maximum absolute atomic E-state index is 13.4. The summed E-state index contributed by atoms with van der Waals surface area (Å²) in [5.41, 5.74) is 11.8. The van der Waals surface area contributed by atoms with Crippen molar-refractivity contribution in [3.05, 3.63) is 47.0 Å². The monoisotopic (exact) mass is 496 g/mol. The van der Waals surface area contributed by atoms with E-state index in [4.69, 9.17) is 27.8 Å². The SMILES string of the molecule is Cc1ccc(NC(=O)COc2ccc(N3C(N)=NC(N)=NC3(C)C)cc2Cl)cc1S(=O)(=O)F. The van der Waals surface area contributed by atoms with Gasteiger partial charge in [-0.15, -0.1) is 3.89 Å². The maximum Gasteiger partial charge on any atom is 0.332 e. The van der Waals surface area contributed by atoms with Crippen molar-refractivity contribution in [3.63, 3.8) is 0 Å². The highest BCUT2D eigenvalue weighted by atomic mass is 35.5. The number of hydrogen-bond donors (Lipinski definition) is 3. The van der Waals surface area contributed by atoms with Gasteiger partial charge in [0.15, 0.2) is 6.61 Å². The molecule has 2 aromatic rings. The van der Waals surface area contributed by atoms with Crippen LogP contribution in [-0.2, 0) is 15.0 Å². The number of rotatable bonds is 6. The molecule has 0 unspecified atom stereocenters. The van der Waals surface area contributed by atoms with Crippen LogP contribution < -0.4 is 26.4 Å². The lowest BCUT2D eigenvalue weighted by molar-refractivity contribution is -0.118. The van der Waals surface area contributed by atoms with Gasteiger partial charge in [-0.25, -0.2) is 4.99 Å². The van der Waals surface area contributed by atoms with Crippen LogP contribution in [0.15, 0.2) is 51.3 Å². The third-order valence-electron chi connectivity index (χ3n) is 4.66. The van der Waals surface area contributed by atoms with Crippen molar-refractivity contribution in [2.75, 3.05) is 16.8 Å². The number of hydrogen-bond acceptors (Lipinski definition) is 9. The van der Waals surface area contributed by atoms with Crippen LogP contribution in [0.25, 0.3) is 0 Å². The zero-order valence-corrected chi connectivity index (χ0v) is 19.5. The Hall–Kier alpha value is -3.38. The molecule has 0 atom stereocenters. The highest BCUT2D eigenvalue weighted by molar-refractivity contribution is 7.86. The Morgan fingerprint density at radius 2 is 1.94 bits per heavy atom. The normalized spacial score (nSPS) is 15.5. The van der Waals surface area contributed by atoms with Gasteiger partial charge in [-0.2, -0.15) is 13.4 Å². The van der Waals surface area contributed by atoms with Gasteiger partial charge in [0.25, 0.3) is 5.91 Å². The molecule has 1 heterocycles. The summed E-state index contributed by atoms with van der Waals surface area (Å²) in [7, 11) is -4.92. The summed E-state index contributed by atoms with van der Waals surface area (Å²) in [6, 6.07) is 8.66. The first-order chi connectivity index (χ1) is 15.3. The Balaban J connectivity index is 1.70. The summed E-state index contributed by atoms with van der Waals surface area (Å²) < 4.78 is 41.2. The highest BCUT2D eigenvalue weighted by Crippen LogP contribution is 2.34. The van der Waals surface area contributed by atoms with Gasteiger partial charge in [0, 0.05) is 11.4 Å². The molecule has 33 heavy (non-hydrogen) atoms. The molecule has 0 bridgehead atoms. The average molecular weight is 497 g/mol. The first-order valence-corrected chi connectivity index (χ1v) is 11.3. The summed E-state index contributed by atoms with van der Waals surface area (Å²) >= 11 is 6.32. The Labute approximate surface area is 195 Å². The van der Waals surface area contributed by atoms with Crippen molar-refractivity contribution in [3.8, 4) is 5.75 Å². The number of aryl methyl sites for hydroxylation is 1. The fourth-order valence-electron chi connectivity index (χ4n) is 3.28. The minimum absolute atomic E-state index is 0.0654. The van der Waals surface area contributed by atoms with E-state index in [0.29, 0.717) is 5.69 Å². The Bertz CT molecular complexity index is 1280. The molecule has 0 saturated heterocycles. The van der Waals surface area contributed by atoms with Crippen molar-refractivity contribution in [1.82, 2.24) is 0 Å². The average Bonchev–Trinajstić information content (AvgIpc) is 2.66. The van der Waals surface area contributed by atoms with Gasteiger partial charge >= 0.3 is 10.2 Å². The molecule has 0 radical (unpaired) electrons. The molecule has 10 nitrogen and oxygen atoms in total. The van der Waals surface area contributed by atoms with Crippen LogP contribution in [0.1, 0.15) is 19.4 Å². The molecule has 0 spiro atoms. The van der Waals surface area contributed by atoms with Crippen molar-refractivity contribution in [2.24, 2.45) is 21.5 Å². The minimum atomic E-state index is -4.92. The molecule has 176 valence electrons. The Morgan fingerprint density at radius 3 is 2.55 bits per heavy atom. The number of nitrogens with one attached hydrogen (secondary N) is 1. The van der Waals surface area contributed by atoms with Gasteiger partial charge in [-0.1, -0.05) is 17.7 Å². The number of guanidine groups is 2. The summed E-state index contributed by atoms with van der Waals surface area (Å²) in [5.74, 6) is -0.167. The molecule has 0 fully saturated rings. The zero-order chi connectivity index (χ0) is 24.6. The lowest BCUT2D eigenvalue weighted by atomic mass is 10.1. The number of amides is 1. The number of nitrogens with zero attached hydrogens (tertiary/aromatic N) is 3. The van der Waals surface area contributed by atoms with Gasteiger partial charge in [-0.05, 0) is 56.7 Å². The first kappa shape index (κ1) is 24.3. The number of benzene rings is 2. The molecule has 0 aliphatic carbocycles. The van der Waals surface area contributed by atoms with E-state index < -0.39 is 33.3 Å². The van der Waals surface area contributed by atoms with Crippen LogP contribution in [-0.4, -0.2) is 38.5 Å². The quantitative estimate of drug-likeness (QED) is 0.519. The number of halogens is 2. The molecule has 1 aliphatic rings. The molecular weight excluding hydrogens is 475 g/mol. The second-order valence-electron chi connectivity index (χ2n) is 7.64. The topological polar surface area (TPSA) is 152 Å². The van der Waals surface area contributed by atoms with Crippen molar-refractivity contribution in [1.29, 1.82) is 0 Å². The summed E-state index contributed by atoms with van der Waals surface area (Å²) in [4.78, 5) is 21.6. The van der Waals surface area contributed by atoms with Crippen LogP contribution >= 0.6 is 11.6 Å². The predicted molar refractivity (Wildman–Crippen MR) is 125 cm³/mol. The smallest absolute Gasteiger partial charge is 0.332 e. The second kappa shape index (κ2) is 8.87. The van der Waals surface area contributed by atoms with Crippen LogP contribution in [0.2, 0.25) is 5.02 Å². The molecule has 1 aliphatic heterocycles. The van der Waals surface area contributed by atoms with Gasteiger partial charge in [0.05, 0.1) is 5.02 Å². The van der Waals surface area contributed by atoms with Gasteiger partial charge < -0.3 is 21.5 Å². The lowest BCUT2D eigenvalue weighted by Gasteiger charge is -2.38. The molecule has 2 aromatic carbocycles. The largest absolute Gasteiger partial charge is 0.482 e. The molecule has 3 rings (SSSR count). The molecular formula is C20H22ClFN6O4S. The fraction of sp³-hybridized carbons (Fsp3) is 0.250. The third-order valence-corrected chi connectivity index (χ3v) is 5.92. The van der Waals surface area contributed by atoms with Crippen LogP contribution in [0.3, 0.4) is 0 Å². The van der Waals surface area contributed by atoms with E-state index in [1.54, 1.807) is 36.9 Å². The molecule has 0 aromatic heterocycles. The second-order valence-corrected chi connectivity index (χ2v) is 9.36. The van der Waals surface area contributed by atoms with Gasteiger partial charge in [-0.3, -0.25) is 9.69 Å². The number of carbonyl (C=O) groups excluding carboxylic acids is 1. The molecule has 1 amide bonds. The van der Waals surface area contributed by atoms with Crippen LogP contribution in [0.5, 0.6) is 5.75 Å². The number of ether oxygens (including phenoxy) is 1. The standard InChI is InChI=1S/C20H22ClFN6O4S/c1-11-4-5-12(8-16(11)33(22,30)31)25-17(29)10-32-15-7-6-13(9-14(15)21)28-19(24)26-18(23)27-20(28,2)3/h4-9H,10H2,1-3H3,(H,25,29)(H4,23,24,26,27). The Morgan fingerprint density at radius 1 is 1.24 bits per heavy atom. The number of carbonyl (C=O) groups is 1. The van der Waals surface area contributed by atoms with E-state index in [9.17, 15) is 17.1 Å². The minimum Gasteiger partial charge on any atom is -0.482 e.